The van der Waals surface area contributed by atoms with Crippen molar-refractivity contribution in [2.45, 2.75) is 4.90 Å². The SMILES string of the molecule is O=C(Nc1ccccc1S(=O)(=O)F)c1cncc(Br)c1. The molecule has 0 radical (unpaired) electrons. The fourth-order valence-electron chi connectivity index (χ4n) is 1.51. The Morgan fingerprint density at radius 3 is 2.60 bits per heavy atom. The van der Waals surface area contributed by atoms with E-state index in [1.807, 2.05) is 0 Å². The first kappa shape index (κ1) is 14.6. The lowest BCUT2D eigenvalue weighted by Gasteiger charge is -2.08. The van der Waals surface area contributed by atoms with Crippen LogP contribution in [-0.4, -0.2) is 19.3 Å². The summed E-state index contributed by atoms with van der Waals surface area (Å²) in [7, 11) is -4.91. The highest BCUT2D eigenvalue weighted by Crippen LogP contribution is 2.23. The monoisotopic (exact) mass is 358 g/mol. The molecule has 0 saturated carbocycles. The second-order valence-electron chi connectivity index (χ2n) is 3.78. The third-order valence-corrected chi connectivity index (χ3v) is 3.68. The highest BCUT2D eigenvalue weighted by Gasteiger charge is 2.18. The predicted molar refractivity (Wildman–Crippen MR) is 74.6 cm³/mol. The lowest BCUT2D eigenvalue weighted by molar-refractivity contribution is 0.102. The normalized spacial score (nSPS) is 11.1. The molecule has 5 nitrogen and oxygen atoms in total. The van der Waals surface area contributed by atoms with E-state index < -0.39 is 21.0 Å². The van der Waals surface area contributed by atoms with Crippen LogP contribution >= 0.6 is 15.9 Å². The number of benzene rings is 1. The zero-order valence-corrected chi connectivity index (χ0v) is 12.3. The van der Waals surface area contributed by atoms with Gasteiger partial charge in [-0.3, -0.25) is 9.78 Å². The number of rotatable bonds is 3. The van der Waals surface area contributed by atoms with E-state index in [4.69, 9.17) is 0 Å². The maximum Gasteiger partial charge on any atom is 0.334 e. The molecular weight excluding hydrogens is 351 g/mol. The molecule has 1 aromatic heterocycles. The zero-order valence-electron chi connectivity index (χ0n) is 9.88. The van der Waals surface area contributed by atoms with Crippen molar-refractivity contribution < 1.29 is 17.1 Å². The van der Waals surface area contributed by atoms with Crippen molar-refractivity contribution in [3.05, 3.63) is 52.8 Å². The lowest BCUT2D eigenvalue weighted by Crippen LogP contribution is -2.14. The Kier molecular flexibility index (Phi) is 4.15. The molecule has 0 bridgehead atoms. The third kappa shape index (κ3) is 3.40. The minimum atomic E-state index is -4.91. The molecule has 0 aliphatic rings. The molecular formula is C12H8BrFN2O3S. The summed E-state index contributed by atoms with van der Waals surface area (Å²) in [4.78, 5) is 15.2. The summed E-state index contributed by atoms with van der Waals surface area (Å²) in [5.41, 5.74) is 0.0883. The zero-order chi connectivity index (χ0) is 14.8. The standard InChI is InChI=1S/C12H8BrFN2O3S/c13-9-5-8(6-15-7-9)12(17)16-10-3-1-2-4-11(10)20(14,18)19/h1-7H,(H,16,17). The van der Waals surface area contributed by atoms with Crippen LogP contribution in [0, 0.1) is 0 Å². The minimum Gasteiger partial charge on any atom is -0.321 e. The van der Waals surface area contributed by atoms with Crippen LogP contribution in [-0.2, 0) is 10.2 Å². The van der Waals surface area contributed by atoms with Gasteiger partial charge < -0.3 is 5.32 Å². The van der Waals surface area contributed by atoms with Gasteiger partial charge in [0.1, 0.15) is 4.90 Å². The van der Waals surface area contributed by atoms with Gasteiger partial charge in [-0.25, -0.2) is 0 Å². The second-order valence-corrected chi connectivity index (χ2v) is 6.01. The first-order chi connectivity index (χ1) is 9.38. The molecule has 0 aliphatic carbocycles. The van der Waals surface area contributed by atoms with Crippen molar-refractivity contribution in [1.29, 1.82) is 0 Å². The number of nitrogens with zero attached hydrogens (tertiary/aromatic N) is 1. The molecule has 104 valence electrons. The summed E-state index contributed by atoms with van der Waals surface area (Å²) in [6, 6.07) is 6.74. The smallest absolute Gasteiger partial charge is 0.321 e. The van der Waals surface area contributed by atoms with E-state index in [-0.39, 0.29) is 11.3 Å². The highest BCUT2D eigenvalue weighted by atomic mass is 79.9. The van der Waals surface area contributed by atoms with Crippen LogP contribution in [0.2, 0.25) is 0 Å². The number of amides is 1. The number of para-hydroxylation sites is 1. The van der Waals surface area contributed by atoms with Crippen molar-refractivity contribution in [2.75, 3.05) is 5.32 Å². The Balaban J connectivity index is 2.34. The van der Waals surface area contributed by atoms with E-state index in [1.165, 1.54) is 36.7 Å². The minimum absolute atomic E-state index is 0.125. The molecule has 0 unspecified atom stereocenters. The van der Waals surface area contributed by atoms with Crippen molar-refractivity contribution in [1.82, 2.24) is 4.98 Å². The van der Waals surface area contributed by atoms with Gasteiger partial charge >= 0.3 is 10.2 Å². The van der Waals surface area contributed by atoms with Crippen LogP contribution in [0.15, 0.2) is 52.1 Å². The molecule has 8 heteroatoms. The number of anilines is 1. The maximum absolute atomic E-state index is 13.1. The highest BCUT2D eigenvalue weighted by molar-refractivity contribution is 9.10. The summed E-state index contributed by atoms with van der Waals surface area (Å²) < 4.78 is 35.7. The van der Waals surface area contributed by atoms with Gasteiger partial charge in [0.2, 0.25) is 0 Å². The summed E-state index contributed by atoms with van der Waals surface area (Å²) in [6.07, 6.45) is 2.81. The number of hydrogen-bond donors (Lipinski definition) is 1. The fraction of sp³-hybridized carbons (Fsp3) is 0. The fourth-order valence-corrected chi connectivity index (χ4v) is 2.50. The maximum atomic E-state index is 13.1. The van der Waals surface area contributed by atoms with Crippen LogP contribution in [0.4, 0.5) is 9.57 Å². The van der Waals surface area contributed by atoms with Crippen LogP contribution in [0.25, 0.3) is 0 Å². The van der Waals surface area contributed by atoms with Gasteiger partial charge in [-0.15, -0.1) is 3.89 Å². The Morgan fingerprint density at radius 2 is 1.95 bits per heavy atom. The van der Waals surface area contributed by atoms with Gasteiger partial charge in [-0.1, -0.05) is 12.1 Å². The molecule has 0 aliphatic heterocycles. The van der Waals surface area contributed by atoms with E-state index in [0.717, 1.165) is 6.07 Å². The molecule has 2 rings (SSSR count). The summed E-state index contributed by atoms with van der Waals surface area (Å²) in [5.74, 6) is -0.588. The Labute approximate surface area is 123 Å². The molecule has 1 aromatic carbocycles. The second kappa shape index (κ2) is 5.68. The topological polar surface area (TPSA) is 76.1 Å². The number of pyridine rings is 1. The summed E-state index contributed by atoms with van der Waals surface area (Å²) >= 11 is 3.16. The van der Waals surface area contributed by atoms with E-state index in [1.54, 1.807) is 0 Å². The molecule has 20 heavy (non-hydrogen) atoms. The molecule has 0 fully saturated rings. The van der Waals surface area contributed by atoms with Gasteiger partial charge in [0.25, 0.3) is 5.91 Å². The first-order valence-electron chi connectivity index (χ1n) is 5.33. The number of nitrogens with one attached hydrogen (secondary N) is 1. The Bertz CT molecular complexity index is 765. The molecule has 0 atom stereocenters. The van der Waals surface area contributed by atoms with Crippen molar-refractivity contribution in [3.8, 4) is 0 Å². The van der Waals surface area contributed by atoms with Crippen LogP contribution in [0.3, 0.4) is 0 Å². The van der Waals surface area contributed by atoms with E-state index >= 15 is 0 Å². The third-order valence-electron chi connectivity index (χ3n) is 2.37. The Morgan fingerprint density at radius 1 is 1.25 bits per heavy atom. The van der Waals surface area contributed by atoms with Gasteiger partial charge in [0, 0.05) is 16.9 Å². The number of aromatic nitrogens is 1. The average Bonchev–Trinajstić information content (AvgIpc) is 2.38. The van der Waals surface area contributed by atoms with Gasteiger partial charge in [-0.05, 0) is 34.1 Å². The lowest BCUT2D eigenvalue weighted by atomic mass is 10.2. The van der Waals surface area contributed by atoms with E-state index in [9.17, 15) is 17.1 Å². The van der Waals surface area contributed by atoms with Crippen LogP contribution in [0.1, 0.15) is 10.4 Å². The average molecular weight is 359 g/mol. The van der Waals surface area contributed by atoms with Gasteiger partial charge in [0.05, 0.1) is 11.3 Å². The number of carbonyl (C=O) groups excluding carboxylic acids is 1. The van der Waals surface area contributed by atoms with E-state index in [2.05, 4.69) is 26.2 Å². The van der Waals surface area contributed by atoms with Gasteiger partial charge in [0.15, 0.2) is 0 Å². The predicted octanol–water partition coefficient (Wildman–Crippen LogP) is 2.75. The molecule has 1 amide bonds. The van der Waals surface area contributed by atoms with Crippen molar-refractivity contribution in [3.63, 3.8) is 0 Å². The molecule has 0 saturated heterocycles. The number of halogens is 2. The Hall–Kier alpha value is -1.80. The molecule has 0 spiro atoms. The largest absolute Gasteiger partial charge is 0.334 e. The van der Waals surface area contributed by atoms with E-state index in [0.29, 0.717) is 4.47 Å². The molecule has 1 N–H and O–H groups in total. The first-order valence-corrected chi connectivity index (χ1v) is 7.51. The van der Waals surface area contributed by atoms with Crippen LogP contribution < -0.4 is 5.32 Å². The molecule has 1 heterocycles. The van der Waals surface area contributed by atoms with Crippen molar-refractivity contribution in [2.24, 2.45) is 0 Å². The number of hydrogen-bond acceptors (Lipinski definition) is 4. The summed E-state index contributed by atoms with van der Waals surface area (Å²) in [5, 5.41) is 2.34. The van der Waals surface area contributed by atoms with Crippen LogP contribution in [0.5, 0.6) is 0 Å². The quantitative estimate of drug-likeness (QED) is 0.855. The number of carbonyl (C=O) groups is 1. The summed E-state index contributed by atoms with van der Waals surface area (Å²) in [6.45, 7) is 0. The van der Waals surface area contributed by atoms with Gasteiger partial charge in [-0.2, -0.15) is 8.42 Å². The molecule has 2 aromatic rings. The van der Waals surface area contributed by atoms with Crippen molar-refractivity contribution >= 4 is 37.7 Å².